The van der Waals surface area contributed by atoms with Crippen molar-refractivity contribution in [3.63, 3.8) is 0 Å². The van der Waals surface area contributed by atoms with E-state index in [0.717, 1.165) is 17.8 Å². The van der Waals surface area contributed by atoms with Gasteiger partial charge >= 0.3 is 0 Å². The smallest absolute Gasteiger partial charge is 0.271 e. The van der Waals surface area contributed by atoms with E-state index in [1.165, 1.54) is 16.2 Å². The largest absolute Gasteiger partial charge is 0.363 e. The number of carbonyl (C=O) groups is 5. The molecule has 0 spiro atoms. The second-order valence-electron chi connectivity index (χ2n) is 6.37. The minimum atomic E-state index is -0.170. The molecule has 27 heavy (non-hydrogen) atoms. The van der Waals surface area contributed by atoms with Crippen molar-refractivity contribution in [1.82, 2.24) is 10.2 Å². The van der Waals surface area contributed by atoms with Crippen LogP contribution in [-0.2, 0) is 14.4 Å². The summed E-state index contributed by atoms with van der Waals surface area (Å²) in [4.78, 5) is 58.5. The van der Waals surface area contributed by atoms with Gasteiger partial charge in [0, 0.05) is 32.0 Å². The lowest BCUT2D eigenvalue weighted by Gasteiger charge is -2.27. The first-order valence-corrected chi connectivity index (χ1v) is 9.67. The van der Waals surface area contributed by atoms with E-state index in [-0.39, 0.29) is 23.6 Å². The summed E-state index contributed by atoms with van der Waals surface area (Å²) in [7, 11) is 0. The molecule has 0 aliphatic carbocycles. The summed E-state index contributed by atoms with van der Waals surface area (Å²) < 4.78 is 0. The molecule has 4 amide bonds. The van der Waals surface area contributed by atoms with Gasteiger partial charge in [0.05, 0.1) is 10.6 Å². The summed E-state index contributed by atoms with van der Waals surface area (Å²) in [5.74, 6) is -0.0473. The molecule has 1 unspecified atom stereocenters. The average Bonchev–Trinajstić information content (AvgIpc) is 3.17. The fourth-order valence-corrected chi connectivity index (χ4v) is 4.27. The molecule has 0 radical (unpaired) electrons. The first kappa shape index (κ1) is 20.8. The van der Waals surface area contributed by atoms with Crippen LogP contribution < -0.4 is 10.2 Å². The first-order valence-electron chi connectivity index (χ1n) is 8.86. The van der Waals surface area contributed by atoms with Gasteiger partial charge in [-0.15, -0.1) is 11.3 Å². The maximum Gasteiger partial charge on any atom is 0.271 e. The molecule has 3 heterocycles. The maximum absolute atomic E-state index is 12.5. The molecule has 0 aromatic carbocycles. The van der Waals surface area contributed by atoms with Gasteiger partial charge < -0.3 is 10.2 Å². The lowest BCUT2D eigenvalue weighted by atomic mass is 10.1. The van der Waals surface area contributed by atoms with Crippen LogP contribution in [0.4, 0.5) is 5.00 Å². The Balaban J connectivity index is 0.000000465. The van der Waals surface area contributed by atoms with Crippen molar-refractivity contribution in [3.05, 3.63) is 16.5 Å². The van der Waals surface area contributed by atoms with Gasteiger partial charge in [0.1, 0.15) is 10.7 Å². The van der Waals surface area contributed by atoms with Crippen molar-refractivity contribution in [2.75, 3.05) is 18.0 Å². The number of thiophene rings is 1. The van der Waals surface area contributed by atoms with E-state index < -0.39 is 0 Å². The highest BCUT2D eigenvalue weighted by molar-refractivity contribution is 7.18. The molecule has 1 aromatic heterocycles. The molecular weight excluding hydrogens is 370 g/mol. The van der Waals surface area contributed by atoms with Crippen LogP contribution in [0.5, 0.6) is 0 Å². The Kier molecular flexibility index (Phi) is 7.23. The molecule has 1 N–H and O–H groups in total. The highest BCUT2D eigenvalue weighted by Gasteiger charge is 2.40. The van der Waals surface area contributed by atoms with Gasteiger partial charge in [-0.25, -0.2) is 0 Å². The lowest BCUT2D eigenvalue weighted by molar-refractivity contribution is -0.119. The zero-order valence-electron chi connectivity index (χ0n) is 15.4. The van der Waals surface area contributed by atoms with Crippen LogP contribution in [0.15, 0.2) is 6.07 Å². The van der Waals surface area contributed by atoms with E-state index in [4.69, 9.17) is 9.59 Å². The number of imide groups is 2. The number of hydrogen-bond acceptors (Lipinski definition) is 7. The summed E-state index contributed by atoms with van der Waals surface area (Å²) in [6.45, 7) is 5.33. The molecule has 3 rings (SSSR count). The molecule has 1 fully saturated rings. The van der Waals surface area contributed by atoms with Gasteiger partial charge in [-0.2, -0.15) is 0 Å². The predicted molar refractivity (Wildman–Crippen MR) is 101 cm³/mol. The highest BCUT2D eigenvalue weighted by atomic mass is 32.1. The van der Waals surface area contributed by atoms with Gasteiger partial charge in [-0.3, -0.25) is 28.9 Å². The number of carbonyl (C=O) groups excluding carboxylic acids is 5. The molecule has 1 atom stereocenters. The van der Waals surface area contributed by atoms with Crippen molar-refractivity contribution in [1.29, 1.82) is 0 Å². The summed E-state index contributed by atoms with van der Waals surface area (Å²) in [6.07, 6.45) is 3.49. The van der Waals surface area contributed by atoms with Gasteiger partial charge in [-0.1, -0.05) is 13.3 Å². The summed E-state index contributed by atoms with van der Waals surface area (Å²) in [5.41, 5.74) is 0.532. The van der Waals surface area contributed by atoms with Gasteiger partial charge in [0.2, 0.25) is 12.8 Å². The Bertz CT molecular complexity index is 696. The predicted octanol–water partition coefficient (Wildman–Crippen LogP) is 1.59. The molecule has 2 aliphatic rings. The Morgan fingerprint density at radius 3 is 2.26 bits per heavy atom. The minimum absolute atomic E-state index is 0.0549. The van der Waals surface area contributed by atoms with Crippen molar-refractivity contribution in [2.24, 2.45) is 0 Å². The van der Waals surface area contributed by atoms with Crippen molar-refractivity contribution >= 4 is 46.8 Å². The standard InChI is InChI=1S/C16H20N2O3S.C2H3NO2/c1-3-4-10(2)18-15(20)12-9-13(22-14(12)16(18)21)17-7-5-11(19)6-8-17;4-1-3-2-5/h9-10H,3-8H2,1-2H3;1-2H,(H,3,4,5). The quantitative estimate of drug-likeness (QED) is 0.581. The van der Waals surface area contributed by atoms with Gasteiger partial charge in [0.15, 0.2) is 0 Å². The number of Topliss-reactive ketones (excluding diaryl/α,β-unsaturated/α-hetero) is 1. The second kappa shape index (κ2) is 9.40. The van der Waals surface area contributed by atoms with Crippen molar-refractivity contribution in [3.8, 4) is 0 Å². The number of piperidine rings is 1. The third kappa shape index (κ3) is 4.60. The Morgan fingerprint density at radius 1 is 1.15 bits per heavy atom. The third-order valence-electron chi connectivity index (χ3n) is 4.50. The highest BCUT2D eigenvalue weighted by Crippen LogP contribution is 2.38. The Labute approximate surface area is 161 Å². The molecule has 2 aliphatic heterocycles. The Hall–Kier alpha value is -2.55. The van der Waals surface area contributed by atoms with E-state index >= 15 is 0 Å². The van der Waals surface area contributed by atoms with Crippen LogP contribution in [0.1, 0.15) is 59.6 Å². The molecular formula is C18H23N3O5S. The summed E-state index contributed by atoms with van der Waals surface area (Å²) in [5, 5.41) is 2.68. The van der Waals surface area contributed by atoms with E-state index in [9.17, 15) is 14.4 Å². The van der Waals surface area contributed by atoms with E-state index in [1.807, 2.05) is 19.9 Å². The SMILES string of the molecule is CCCC(C)N1C(=O)c2cc(N3CCC(=O)CC3)sc2C1=O.O=CNC=O. The van der Waals surface area contributed by atoms with Crippen LogP contribution in [0.3, 0.4) is 0 Å². The molecule has 1 aromatic rings. The first-order chi connectivity index (χ1) is 12.9. The number of amides is 4. The summed E-state index contributed by atoms with van der Waals surface area (Å²) >= 11 is 1.38. The van der Waals surface area contributed by atoms with Crippen LogP contribution in [0.2, 0.25) is 0 Å². The topological polar surface area (TPSA) is 104 Å². The number of hydrogen-bond donors (Lipinski definition) is 1. The fourth-order valence-electron chi connectivity index (χ4n) is 3.13. The van der Waals surface area contributed by atoms with E-state index in [1.54, 1.807) is 5.32 Å². The van der Waals surface area contributed by atoms with Crippen molar-refractivity contribution < 1.29 is 24.0 Å². The average molecular weight is 393 g/mol. The number of rotatable bonds is 6. The molecule has 1 saturated heterocycles. The minimum Gasteiger partial charge on any atom is -0.363 e. The Morgan fingerprint density at radius 2 is 1.78 bits per heavy atom. The third-order valence-corrected chi connectivity index (χ3v) is 5.68. The number of nitrogens with one attached hydrogen (secondary N) is 1. The van der Waals surface area contributed by atoms with Crippen LogP contribution in [0, 0.1) is 0 Å². The zero-order chi connectivity index (χ0) is 20.0. The monoisotopic (exact) mass is 393 g/mol. The van der Waals surface area contributed by atoms with Crippen LogP contribution in [-0.4, -0.2) is 54.4 Å². The zero-order valence-corrected chi connectivity index (χ0v) is 16.2. The van der Waals surface area contributed by atoms with Crippen molar-refractivity contribution in [2.45, 2.75) is 45.6 Å². The molecule has 0 saturated carbocycles. The van der Waals surface area contributed by atoms with Gasteiger partial charge in [-0.05, 0) is 19.4 Å². The summed E-state index contributed by atoms with van der Waals surface area (Å²) in [6, 6.07) is 1.77. The van der Waals surface area contributed by atoms with Gasteiger partial charge in [0.25, 0.3) is 11.8 Å². The molecule has 0 bridgehead atoms. The molecule has 8 nitrogen and oxygen atoms in total. The number of fused-ring (bicyclic) bond motifs is 1. The van der Waals surface area contributed by atoms with E-state index in [2.05, 4.69) is 4.90 Å². The second-order valence-corrected chi connectivity index (χ2v) is 7.40. The number of nitrogens with zero attached hydrogens (tertiary/aromatic N) is 2. The molecule has 9 heteroatoms. The number of ketones is 1. The lowest BCUT2D eigenvalue weighted by Crippen LogP contribution is -2.38. The molecule has 146 valence electrons. The fraction of sp³-hybridized carbons (Fsp3) is 0.500. The van der Waals surface area contributed by atoms with Crippen LogP contribution >= 0.6 is 11.3 Å². The van der Waals surface area contributed by atoms with Crippen LogP contribution in [0.25, 0.3) is 0 Å². The normalized spacial score (nSPS) is 17.2. The van der Waals surface area contributed by atoms with E-state index in [0.29, 0.717) is 49.2 Å². The number of anilines is 1. The maximum atomic E-state index is 12.5.